The molecule has 3 rings (SSSR count). The summed E-state index contributed by atoms with van der Waals surface area (Å²) in [5, 5.41) is 0. The molecule has 0 spiro atoms. The van der Waals surface area contributed by atoms with E-state index in [0.717, 1.165) is 11.3 Å². The maximum Gasteiger partial charge on any atom is 0.321 e. The molecule has 2 aromatic rings. The van der Waals surface area contributed by atoms with Gasteiger partial charge in [-0.3, -0.25) is 9.59 Å². The van der Waals surface area contributed by atoms with Crippen molar-refractivity contribution in [2.75, 3.05) is 11.5 Å². The number of esters is 1. The fourth-order valence-corrected chi connectivity index (χ4v) is 3.26. The molecule has 0 radical (unpaired) electrons. The average molecular weight is 323 g/mol. The quantitative estimate of drug-likeness (QED) is 0.636. The van der Waals surface area contributed by atoms with Crippen LogP contribution in [0, 0.1) is 5.41 Å². The molecule has 4 heteroatoms. The van der Waals surface area contributed by atoms with Gasteiger partial charge in [-0.2, -0.15) is 0 Å². The number of para-hydroxylation sites is 1. The Hall–Kier alpha value is -2.62. The number of benzene rings is 2. The minimum absolute atomic E-state index is 0.185. The van der Waals surface area contributed by atoms with Gasteiger partial charge in [-0.15, -0.1) is 0 Å². The van der Waals surface area contributed by atoms with Gasteiger partial charge in [0, 0.05) is 5.69 Å². The Labute approximate surface area is 142 Å². The second kappa shape index (κ2) is 6.48. The van der Waals surface area contributed by atoms with Crippen LogP contribution in [0.15, 0.2) is 60.7 Å². The highest BCUT2D eigenvalue weighted by molar-refractivity contribution is 6.12. The SMILES string of the molecule is CCOC(=O)C1(C)CC(c2ccccc2)N(c2ccccc2)C1=O. The van der Waals surface area contributed by atoms with Crippen LogP contribution in [0.4, 0.5) is 5.69 Å². The van der Waals surface area contributed by atoms with E-state index in [1.165, 1.54) is 0 Å². The van der Waals surface area contributed by atoms with Crippen molar-refractivity contribution >= 4 is 17.6 Å². The highest BCUT2D eigenvalue weighted by Gasteiger charge is 2.55. The van der Waals surface area contributed by atoms with Gasteiger partial charge in [-0.25, -0.2) is 0 Å². The Kier molecular flexibility index (Phi) is 4.38. The monoisotopic (exact) mass is 323 g/mol. The molecule has 1 amide bonds. The minimum Gasteiger partial charge on any atom is -0.465 e. The number of amides is 1. The van der Waals surface area contributed by atoms with E-state index in [2.05, 4.69) is 0 Å². The van der Waals surface area contributed by atoms with Gasteiger partial charge < -0.3 is 9.64 Å². The smallest absolute Gasteiger partial charge is 0.321 e. The molecular formula is C20H21NO3. The molecule has 0 N–H and O–H groups in total. The van der Waals surface area contributed by atoms with Gasteiger partial charge in [0.15, 0.2) is 0 Å². The van der Waals surface area contributed by atoms with E-state index in [1.807, 2.05) is 60.7 Å². The summed E-state index contributed by atoms with van der Waals surface area (Å²) in [6, 6.07) is 19.1. The number of nitrogens with zero attached hydrogens (tertiary/aromatic N) is 1. The Bertz CT molecular complexity index is 729. The molecular weight excluding hydrogens is 302 g/mol. The van der Waals surface area contributed by atoms with Gasteiger partial charge in [-0.05, 0) is 38.0 Å². The third kappa shape index (κ3) is 2.68. The normalized spacial score (nSPS) is 23.3. The van der Waals surface area contributed by atoms with Crippen molar-refractivity contribution in [3.63, 3.8) is 0 Å². The van der Waals surface area contributed by atoms with E-state index in [-0.39, 0.29) is 18.6 Å². The lowest BCUT2D eigenvalue weighted by Crippen LogP contribution is -2.39. The lowest BCUT2D eigenvalue weighted by Gasteiger charge is -2.25. The third-order valence-electron chi connectivity index (χ3n) is 4.55. The number of carbonyl (C=O) groups excluding carboxylic acids is 2. The van der Waals surface area contributed by atoms with Crippen LogP contribution in [0.1, 0.15) is 31.9 Å². The molecule has 2 unspecified atom stereocenters. The Morgan fingerprint density at radius 2 is 1.71 bits per heavy atom. The van der Waals surface area contributed by atoms with Crippen molar-refractivity contribution in [1.82, 2.24) is 0 Å². The fourth-order valence-electron chi connectivity index (χ4n) is 3.26. The predicted octanol–water partition coefficient (Wildman–Crippen LogP) is 3.73. The van der Waals surface area contributed by atoms with E-state index in [9.17, 15) is 9.59 Å². The lowest BCUT2D eigenvalue weighted by atomic mass is 9.85. The molecule has 1 aliphatic rings. The van der Waals surface area contributed by atoms with Crippen molar-refractivity contribution in [2.45, 2.75) is 26.3 Å². The number of carbonyl (C=O) groups is 2. The summed E-state index contributed by atoms with van der Waals surface area (Å²) < 4.78 is 5.18. The zero-order valence-corrected chi connectivity index (χ0v) is 13.9. The molecule has 1 aliphatic heterocycles. The van der Waals surface area contributed by atoms with E-state index in [1.54, 1.807) is 18.7 Å². The first-order valence-electron chi connectivity index (χ1n) is 8.19. The van der Waals surface area contributed by atoms with Gasteiger partial charge in [0.1, 0.15) is 5.41 Å². The zero-order valence-electron chi connectivity index (χ0n) is 13.9. The molecule has 1 saturated heterocycles. The molecule has 4 nitrogen and oxygen atoms in total. The van der Waals surface area contributed by atoms with Crippen molar-refractivity contribution < 1.29 is 14.3 Å². The first-order chi connectivity index (χ1) is 11.6. The van der Waals surface area contributed by atoms with Crippen LogP contribution >= 0.6 is 0 Å². The maximum atomic E-state index is 13.2. The lowest BCUT2D eigenvalue weighted by molar-refractivity contribution is -0.157. The van der Waals surface area contributed by atoms with Crippen molar-refractivity contribution in [3.05, 3.63) is 66.2 Å². The Morgan fingerprint density at radius 3 is 2.29 bits per heavy atom. The zero-order chi connectivity index (χ0) is 17.2. The summed E-state index contributed by atoms with van der Waals surface area (Å²) in [5.74, 6) is -0.657. The van der Waals surface area contributed by atoms with Crippen LogP contribution in [-0.2, 0) is 14.3 Å². The molecule has 0 bridgehead atoms. The largest absolute Gasteiger partial charge is 0.465 e. The summed E-state index contributed by atoms with van der Waals surface area (Å²) in [7, 11) is 0. The molecule has 0 aliphatic carbocycles. The highest BCUT2D eigenvalue weighted by atomic mass is 16.5. The summed E-state index contributed by atoms with van der Waals surface area (Å²) in [6.07, 6.45) is 0.406. The molecule has 124 valence electrons. The van der Waals surface area contributed by atoms with Crippen LogP contribution in [0.2, 0.25) is 0 Å². The van der Waals surface area contributed by atoms with E-state index in [0.29, 0.717) is 6.42 Å². The molecule has 0 aromatic heterocycles. The number of hydrogen-bond acceptors (Lipinski definition) is 3. The molecule has 1 fully saturated rings. The minimum atomic E-state index is -1.16. The second-order valence-corrected chi connectivity index (χ2v) is 6.19. The number of anilines is 1. The molecule has 2 aromatic carbocycles. The van der Waals surface area contributed by atoms with Gasteiger partial charge in [0.05, 0.1) is 12.6 Å². The van der Waals surface area contributed by atoms with Crippen LogP contribution in [-0.4, -0.2) is 18.5 Å². The first-order valence-corrected chi connectivity index (χ1v) is 8.19. The topological polar surface area (TPSA) is 46.6 Å². The summed E-state index contributed by atoms with van der Waals surface area (Å²) >= 11 is 0. The van der Waals surface area contributed by atoms with Crippen LogP contribution in [0.25, 0.3) is 0 Å². The number of ether oxygens (including phenoxy) is 1. The van der Waals surface area contributed by atoms with Gasteiger partial charge in [-0.1, -0.05) is 48.5 Å². The van der Waals surface area contributed by atoms with Crippen LogP contribution < -0.4 is 4.90 Å². The third-order valence-corrected chi connectivity index (χ3v) is 4.55. The molecule has 24 heavy (non-hydrogen) atoms. The van der Waals surface area contributed by atoms with E-state index in [4.69, 9.17) is 4.74 Å². The first kappa shape index (κ1) is 16.2. The Balaban J connectivity index is 2.06. The van der Waals surface area contributed by atoms with E-state index < -0.39 is 11.4 Å². The molecule has 0 saturated carbocycles. The highest BCUT2D eigenvalue weighted by Crippen LogP contribution is 2.46. The molecule has 1 heterocycles. The van der Waals surface area contributed by atoms with Crippen molar-refractivity contribution in [1.29, 1.82) is 0 Å². The summed E-state index contributed by atoms with van der Waals surface area (Å²) in [5.41, 5.74) is 0.652. The average Bonchev–Trinajstić information content (AvgIpc) is 2.89. The second-order valence-electron chi connectivity index (χ2n) is 6.19. The van der Waals surface area contributed by atoms with Crippen molar-refractivity contribution in [3.8, 4) is 0 Å². The van der Waals surface area contributed by atoms with Gasteiger partial charge >= 0.3 is 5.97 Å². The van der Waals surface area contributed by atoms with Crippen LogP contribution in [0.3, 0.4) is 0 Å². The van der Waals surface area contributed by atoms with Crippen LogP contribution in [0.5, 0.6) is 0 Å². The van der Waals surface area contributed by atoms with E-state index >= 15 is 0 Å². The Morgan fingerprint density at radius 1 is 1.12 bits per heavy atom. The summed E-state index contributed by atoms with van der Waals surface area (Å²) in [6.45, 7) is 3.71. The summed E-state index contributed by atoms with van der Waals surface area (Å²) in [4.78, 5) is 27.3. The van der Waals surface area contributed by atoms with Crippen molar-refractivity contribution in [2.24, 2.45) is 5.41 Å². The number of hydrogen-bond donors (Lipinski definition) is 0. The standard InChI is InChI=1S/C20H21NO3/c1-3-24-19(23)20(2)14-17(15-10-6-4-7-11-15)21(18(20)22)16-12-8-5-9-13-16/h4-13,17H,3,14H2,1-2H3. The van der Waals surface area contributed by atoms with Gasteiger partial charge in [0.2, 0.25) is 5.91 Å². The maximum absolute atomic E-state index is 13.2. The van der Waals surface area contributed by atoms with Gasteiger partial charge in [0.25, 0.3) is 0 Å². The molecule has 2 atom stereocenters. The number of rotatable bonds is 4. The predicted molar refractivity (Wildman–Crippen MR) is 92.5 cm³/mol. The fraction of sp³-hybridized carbons (Fsp3) is 0.300.